The van der Waals surface area contributed by atoms with E-state index in [1.807, 2.05) is 19.2 Å². The molecule has 4 nitrogen and oxygen atoms in total. The Balaban J connectivity index is 1.91. The predicted molar refractivity (Wildman–Crippen MR) is 83.4 cm³/mol. The van der Waals surface area contributed by atoms with Gasteiger partial charge in [-0.25, -0.2) is 0 Å². The number of aliphatic hydroxyl groups is 1. The van der Waals surface area contributed by atoms with Gasteiger partial charge in [-0.3, -0.25) is 4.79 Å². The first-order valence-electron chi connectivity index (χ1n) is 7.23. The van der Waals surface area contributed by atoms with Crippen LogP contribution in [0.15, 0.2) is 12.1 Å². The lowest BCUT2D eigenvalue weighted by atomic mass is 10.00. The quantitative estimate of drug-likeness (QED) is 0.865. The lowest BCUT2D eigenvalue weighted by molar-refractivity contribution is 0.0499. The number of nitrogens with zero attached hydrogens (tertiary/aromatic N) is 1. The van der Waals surface area contributed by atoms with E-state index in [4.69, 9.17) is 9.84 Å². The maximum atomic E-state index is 12.4. The standard InChI is InChI=1S/C16H21NO3S/c1-17(12-13-7-10-20-11-8-13)16(19)15-6-5-14(21-15)4-2-3-9-18/h5-6,13,18H,3,7-12H2,1H3. The summed E-state index contributed by atoms with van der Waals surface area (Å²) in [7, 11) is 1.86. The average molecular weight is 307 g/mol. The molecule has 1 amide bonds. The molecule has 1 aromatic rings. The fraction of sp³-hybridized carbons (Fsp3) is 0.562. The fourth-order valence-corrected chi connectivity index (χ4v) is 3.19. The molecule has 1 aromatic heterocycles. The van der Waals surface area contributed by atoms with Crippen molar-refractivity contribution in [1.82, 2.24) is 4.90 Å². The van der Waals surface area contributed by atoms with E-state index in [2.05, 4.69) is 11.8 Å². The molecule has 1 fully saturated rings. The number of hydrogen-bond acceptors (Lipinski definition) is 4. The fourth-order valence-electron chi connectivity index (χ4n) is 2.31. The molecule has 2 heterocycles. The number of thiophene rings is 1. The minimum atomic E-state index is 0.0571. The van der Waals surface area contributed by atoms with Gasteiger partial charge in [0.05, 0.1) is 16.4 Å². The molecule has 0 aromatic carbocycles. The van der Waals surface area contributed by atoms with Crippen LogP contribution in [0.5, 0.6) is 0 Å². The predicted octanol–water partition coefficient (Wildman–Crippen LogP) is 1.98. The van der Waals surface area contributed by atoms with Gasteiger partial charge in [0.2, 0.25) is 0 Å². The molecule has 1 aliphatic heterocycles. The normalized spacial score (nSPS) is 15.3. The first-order chi connectivity index (χ1) is 10.2. The second-order valence-corrected chi connectivity index (χ2v) is 6.26. The molecule has 0 radical (unpaired) electrons. The van der Waals surface area contributed by atoms with Crippen molar-refractivity contribution in [2.24, 2.45) is 5.92 Å². The van der Waals surface area contributed by atoms with Crippen LogP contribution in [0.25, 0.3) is 0 Å². The largest absolute Gasteiger partial charge is 0.395 e. The van der Waals surface area contributed by atoms with Crippen molar-refractivity contribution in [3.05, 3.63) is 21.9 Å². The van der Waals surface area contributed by atoms with Gasteiger partial charge in [-0.1, -0.05) is 11.8 Å². The molecule has 2 rings (SSSR count). The maximum absolute atomic E-state index is 12.4. The Morgan fingerprint density at radius 2 is 2.24 bits per heavy atom. The first-order valence-corrected chi connectivity index (χ1v) is 8.05. The third-order valence-electron chi connectivity index (χ3n) is 3.48. The summed E-state index contributed by atoms with van der Waals surface area (Å²) in [5.41, 5.74) is 0. The van der Waals surface area contributed by atoms with E-state index < -0.39 is 0 Å². The van der Waals surface area contributed by atoms with Crippen LogP contribution in [0.2, 0.25) is 0 Å². The topological polar surface area (TPSA) is 49.8 Å². The van der Waals surface area contributed by atoms with Crippen LogP contribution in [0.1, 0.15) is 33.8 Å². The zero-order valence-corrected chi connectivity index (χ0v) is 13.1. The van der Waals surface area contributed by atoms with E-state index in [0.29, 0.717) is 12.3 Å². The summed E-state index contributed by atoms with van der Waals surface area (Å²) in [5.74, 6) is 6.43. The van der Waals surface area contributed by atoms with Gasteiger partial charge < -0.3 is 14.7 Å². The molecule has 0 spiro atoms. The zero-order valence-electron chi connectivity index (χ0n) is 12.3. The molecule has 5 heteroatoms. The summed E-state index contributed by atoms with van der Waals surface area (Å²) in [4.78, 5) is 15.8. The molecule has 0 atom stereocenters. The summed E-state index contributed by atoms with van der Waals surface area (Å²) in [5, 5.41) is 8.70. The van der Waals surface area contributed by atoms with Gasteiger partial charge in [-0.15, -0.1) is 11.3 Å². The molecule has 0 bridgehead atoms. The van der Waals surface area contributed by atoms with Crippen LogP contribution in [0.3, 0.4) is 0 Å². The van der Waals surface area contributed by atoms with Gasteiger partial charge in [0.15, 0.2) is 0 Å². The summed E-state index contributed by atoms with van der Waals surface area (Å²) >= 11 is 1.41. The molecule has 114 valence electrons. The van der Waals surface area contributed by atoms with Gasteiger partial charge in [0.25, 0.3) is 5.91 Å². The maximum Gasteiger partial charge on any atom is 0.263 e. The Bertz CT molecular complexity index is 523. The molecule has 1 saturated heterocycles. The smallest absolute Gasteiger partial charge is 0.263 e. The van der Waals surface area contributed by atoms with Gasteiger partial charge in [-0.2, -0.15) is 0 Å². The Morgan fingerprint density at radius 3 is 2.95 bits per heavy atom. The number of carbonyl (C=O) groups is 1. The highest BCUT2D eigenvalue weighted by molar-refractivity contribution is 7.14. The van der Waals surface area contributed by atoms with Gasteiger partial charge >= 0.3 is 0 Å². The van der Waals surface area contributed by atoms with Gasteiger partial charge in [0, 0.05) is 33.2 Å². The molecule has 1 N–H and O–H groups in total. The van der Waals surface area contributed by atoms with Crippen molar-refractivity contribution < 1.29 is 14.6 Å². The summed E-state index contributed by atoms with van der Waals surface area (Å²) < 4.78 is 5.34. The van der Waals surface area contributed by atoms with Crippen molar-refractivity contribution in [2.45, 2.75) is 19.3 Å². The number of aliphatic hydroxyl groups excluding tert-OH is 1. The van der Waals surface area contributed by atoms with Crippen LogP contribution in [0, 0.1) is 17.8 Å². The van der Waals surface area contributed by atoms with Crippen molar-refractivity contribution in [2.75, 3.05) is 33.4 Å². The summed E-state index contributed by atoms with van der Waals surface area (Å²) in [6.45, 7) is 2.45. The van der Waals surface area contributed by atoms with Gasteiger partial charge in [-0.05, 0) is 30.9 Å². The van der Waals surface area contributed by atoms with Gasteiger partial charge in [0.1, 0.15) is 0 Å². The van der Waals surface area contributed by atoms with E-state index >= 15 is 0 Å². The molecular weight excluding hydrogens is 286 g/mol. The Hall–Kier alpha value is -1.35. The minimum Gasteiger partial charge on any atom is -0.395 e. The lowest BCUT2D eigenvalue weighted by Crippen LogP contribution is -2.33. The second-order valence-electron chi connectivity index (χ2n) is 5.18. The van der Waals surface area contributed by atoms with E-state index in [0.717, 1.165) is 42.4 Å². The Labute approximate surface area is 129 Å². The summed E-state index contributed by atoms with van der Waals surface area (Å²) in [6.07, 6.45) is 2.52. The van der Waals surface area contributed by atoms with Crippen LogP contribution < -0.4 is 0 Å². The number of hydrogen-bond donors (Lipinski definition) is 1. The van der Waals surface area contributed by atoms with Crippen LogP contribution in [-0.4, -0.2) is 49.3 Å². The van der Waals surface area contributed by atoms with E-state index in [1.54, 1.807) is 4.90 Å². The highest BCUT2D eigenvalue weighted by Gasteiger charge is 2.20. The van der Waals surface area contributed by atoms with Crippen LogP contribution in [-0.2, 0) is 4.74 Å². The number of carbonyl (C=O) groups excluding carboxylic acids is 1. The molecule has 0 aliphatic carbocycles. The van der Waals surface area contributed by atoms with E-state index in [1.165, 1.54) is 11.3 Å². The van der Waals surface area contributed by atoms with E-state index in [9.17, 15) is 4.79 Å². The first kappa shape index (κ1) is 16.0. The average Bonchev–Trinajstić information content (AvgIpc) is 2.96. The van der Waals surface area contributed by atoms with Crippen molar-refractivity contribution in [1.29, 1.82) is 0 Å². The summed E-state index contributed by atoms with van der Waals surface area (Å²) in [6, 6.07) is 3.70. The molecular formula is C16H21NO3S. The second kappa shape index (κ2) is 8.18. The molecule has 21 heavy (non-hydrogen) atoms. The van der Waals surface area contributed by atoms with Crippen LogP contribution >= 0.6 is 11.3 Å². The molecule has 1 aliphatic rings. The number of ether oxygens (including phenoxy) is 1. The Morgan fingerprint density at radius 1 is 1.48 bits per heavy atom. The Kier molecular flexibility index (Phi) is 6.24. The molecule has 0 saturated carbocycles. The van der Waals surface area contributed by atoms with Crippen LogP contribution in [0.4, 0.5) is 0 Å². The molecule has 0 unspecified atom stereocenters. The minimum absolute atomic E-state index is 0.0571. The van der Waals surface area contributed by atoms with Crippen molar-refractivity contribution in [3.8, 4) is 11.8 Å². The highest BCUT2D eigenvalue weighted by atomic mass is 32.1. The number of rotatable bonds is 4. The SMILES string of the molecule is CN(CC1CCOCC1)C(=O)c1ccc(C#CCCO)s1. The third kappa shape index (κ3) is 4.85. The lowest BCUT2D eigenvalue weighted by Gasteiger charge is -2.26. The zero-order chi connectivity index (χ0) is 15.1. The highest BCUT2D eigenvalue weighted by Crippen LogP contribution is 2.20. The monoisotopic (exact) mass is 307 g/mol. The third-order valence-corrected chi connectivity index (χ3v) is 4.47. The number of amides is 1. The van der Waals surface area contributed by atoms with E-state index in [-0.39, 0.29) is 12.5 Å². The van der Waals surface area contributed by atoms with Crippen molar-refractivity contribution >= 4 is 17.2 Å². The van der Waals surface area contributed by atoms with Crippen molar-refractivity contribution in [3.63, 3.8) is 0 Å².